The minimum atomic E-state index is 0.510. The van der Waals surface area contributed by atoms with Gasteiger partial charge in [-0.25, -0.2) is 0 Å². The maximum absolute atomic E-state index is 6.21. The van der Waals surface area contributed by atoms with Crippen molar-refractivity contribution >= 4 is 0 Å². The fourth-order valence-electron chi connectivity index (χ4n) is 4.64. The first-order valence-corrected chi connectivity index (χ1v) is 7.70. The average molecular weight is 236 g/mol. The van der Waals surface area contributed by atoms with Gasteiger partial charge in [-0.1, -0.05) is 19.8 Å². The molecule has 2 N–H and O–H groups in total. The van der Waals surface area contributed by atoms with Crippen LogP contribution in [0.25, 0.3) is 0 Å². The Hall–Kier alpha value is -0.0800. The first-order chi connectivity index (χ1) is 8.22. The van der Waals surface area contributed by atoms with Gasteiger partial charge in [0.25, 0.3) is 0 Å². The summed E-state index contributed by atoms with van der Waals surface area (Å²) >= 11 is 0. The fraction of sp³-hybridized carbons (Fsp3) is 1.00. The molecule has 0 amide bonds. The molecule has 5 atom stereocenters. The highest BCUT2D eigenvalue weighted by molar-refractivity contribution is 4.96. The predicted octanol–water partition coefficient (Wildman–Crippen LogP) is 2.48. The summed E-state index contributed by atoms with van der Waals surface area (Å²) in [6.07, 6.45) is 8.55. The van der Waals surface area contributed by atoms with Gasteiger partial charge in [-0.3, -0.25) is 0 Å². The molecule has 1 aliphatic heterocycles. The van der Waals surface area contributed by atoms with Crippen molar-refractivity contribution in [3.8, 4) is 0 Å². The van der Waals surface area contributed by atoms with Gasteiger partial charge in [-0.2, -0.15) is 0 Å². The number of fused-ring (bicyclic) bond motifs is 1. The van der Waals surface area contributed by atoms with E-state index in [9.17, 15) is 0 Å². The first kappa shape index (κ1) is 12.0. The number of likely N-dealkylation sites (tertiary alicyclic amines) is 1. The van der Waals surface area contributed by atoms with E-state index >= 15 is 0 Å². The normalized spacial score (nSPS) is 47.3. The van der Waals surface area contributed by atoms with Crippen molar-refractivity contribution in [1.82, 2.24) is 4.90 Å². The van der Waals surface area contributed by atoms with E-state index in [0.717, 1.165) is 23.7 Å². The molecule has 0 aromatic carbocycles. The molecule has 2 aliphatic carbocycles. The van der Waals surface area contributed by atoms with Gasteiger partial charge in [-0.15, -0.1) is 0 Å². The van der Waals surface area contributed by atoms with Crippen LogP contribution in [0.15, 0.2) is 0 Å². The van der Waals surface area contributed by atoms with E-state index in [2.05, 4.69) is 11.8 Å². The van der Waals surface area contributed by atoms with Gasteiger partial charge >= 0.3 is 0 Å². The third-order valence-corrected chi connectivity index (χ3v) is 5.55. The minimum absolute atomic E-state index is 0.510. The first-order valence-electron chi connectivity index (χ1n) is 7.70. The van der Waals surface area contributed by atoms with E-state index in [4.69, 9.17) is 5.73 Å². The Kier molecular flexibility index (Phi) is 3.45. The summed E-state index contributed by atoms with van der Waals surface area (Å²) in [6, 6.07) is 0.510. The van der Waals surface area contributed by atoms with Gasteiger partial charge in [0.1, 0.15) is 0 Å². The van der Waals surface area contributed by atoms with Crippen molar-refractivity contribution in [2.75, 3.05) is 19.6 Å². The standard InChI is InChI=1S/C15H28N2/c1-11-3-2-4-12(7-11)8-17-9-13-5-6-15(16)14(13)10-17/h11-15H,2-10,16H2,1H3. The van der Waals surface area contributed by atoms with Gasteiger partial charge in [-0.05, 0) is 49.4 Å². The molecule has 3 rings (SSSR count). The molecular weight excluding hydrogens is 208 g/mol. The highest BCUT2D eigenvalue weighted by Crippen LogP contribution is 2.38. The lowest BCUT2D eigenvalue weighted by Crippen LogP contribution is -2.33. The Morgan fingerprint density at radius 2 is 2.00 bits per heavy atom. The number of hydrogen-bond donors (Lipinski definition) is 1. The Bertz CT molecular complexity index is 266. The van der Waals surface area contributed by atoms with Crippen LogP contribution in [0, 0.1) is 23.7 Å². The summed E-state index contributed by atoms with van der Waals surface area (Å²) < 4.78 is 0. The number of nitrogens with two attached hydrogens (primary N) is 1. The summed E-state index contributed by atoms with van der Waals surface area (Å²) in [6.45, 7) is 6.45. The van der Waals surface area contributed by atoms with Crippen LogP contribution < -0.4 is 5.73 Å². The lowest BCUT2D eigenvalue weighted by Gasteiger charge is -2.30. The van der Waals surface area contributed by atoms with Crippen molar-refractivity contribution in [2.24, 2.45) is 29.4 Å². The molecule has 1 saturated heterocycles. The van der Waals surface area contributed by atoms with Crippen LogP contribution in [-0.4, -0.2) is 30.6 Å². The van der Waals surface area contributed by atoms with Crippen LogP contribution in [0.1, 0.15) is 45.4 Å². The molecule has 1 heterocycles. The topological polar surface area (TPSA) is 29.3 Å². The predicted molar refractivity (Wildman–Crippen MR) is 71.8 cm³/mol. The molecule has 3 fully saturated rings. The van der Waals surface area contributed by atoms with Gasteiger partial charge in [0.2, 0.25) is 0 Å². The van der Waals surface area contributed by atoms with Crippen molar-refractivity contribution in [2.45, 2.75) is 51.5 Å². The summed E-state index contributed by atoms with van der Waals surface area (Å²) in [4.78, 5) is 2.73. The Morgan fingerprint density at radius 1 is 1.12 bits per heavy atom. The van der Waals surface area contributed by atoms with Crippen LogP contribution in [0.2, 0.25) is 0 Å². The molecule has 0 bridgehead atoms. The molecule has 0 radical (unpaired) electrons. The molecule has 2 nitrogen and oxygen atoms in total. The van der Waals surface area contributed by atoms with Crippen molar-refractivity contribution in [1.29, 1.82) is 0 Å². The second-order valence-corrected chi connectivity index (χ2v) is 7.02. The molecule has 0 spiro atoms. The molecule has 0 aromatic rings. The van der Waals surface area contributed by atoms with Crippen LogP contribution in [0.5, 0.6) is 0 Å². The van der Waals surface area contributed by atoms with Gasteiger partial charge in [0, 0.05) is 25.7 Å². The van der Waals surface area contributed by atoms with Crippen molar-refractivity contribution in [3.05, 3.63) is 0 Å². The zero-order valence-electron chi connectivity index (χ0n) is 11.3. The molecule has 2 saturated carbocycles. The maximum Gasteiger partial charge on any atom is 0.00826 e. The van der Waals surface area contributed by atoms with Gasteiger partial charge in [0.05, 0.1) is 0 Å². The quantitative estimate of drug-likeness (QED) is 0.798. The molecule has 5 unspecified atom stereocenters. The lowest BCUT2D eigenvalue weighted by atomic mass is 9.82. The maximum atomic E-state index is 6.21. The Labute approximate surface area is 106 Å². The van der Waals surface area contributed by atoms with Crippen molar-refractivity contribution < 1.29 is 0 Å². The van der Waals surface area contributed by atoms with E-state index in [-0.39, 0.29) is 0 Å². The van der Waals surface area contributed by atoms with Crippen LogP contribution in [0.4, 0.5) is 0 Å². The van der Waals surface area contributed by atoms with Crippen LogP contribution >= 0.6 is 0 Å². The molecule has 0 aromatic heterocycles. The summed E-state index contributed by atoms with van der Waals surface area (Å²) in [5.41, 5.74) is 6.21. The van der Waals surface area contributed by atoms with Gasteiger partial charge < -0.3 is 10.6 Å². The van der Waals surface area contributed by atoms with E-state index < -0.39 is 0 Å². The van der Waals surface area contributed by atoms with Crippen LogP contribution in [0.3, 0.4) is 0 Å². The van der Waals surface area contributed by atoms with Crippen molar-refractivity contribution in [3.63, 3.8) is 0 Å². The minimum Gasteiger partial charge on any atom is -0.327 e. The number of rotatable bonds is 2. The second kappa shape index (κ2) is 4.89. The SMILES string of the molecule is CC1CCCC(CN2CC3CCC(N)C3C2)C1. The molecular formula is C15H28N2. The largest absolute Gasteiger partial charge is 0.327 e. The smallest absolute Gasteiger partial charge is 0.00826 e. The number of nitrogens with zero attached hydrogens (tertiary/aromatic N) is 1. The zero-order valence-corrected chi connectivity index (χ0v) is 11.3. The van der Waals surface area contributed by atoms with E-state index in [0.29, 0.717) is 6.04 Å². The summed E-state index contributed by atoms with van der Waals surface area (Å²) in [7, 11) is 0. The van der Waals surface area contributed by atoms with Crippen LogP contribution in [-0.2, 0) is 0 Å². The van der Waals surface area contributed by atoms with E-state index in [1.165, 1.54) is 58.2 Å². The third kappa shape index (κ3) is 2.53. The third-order valence-electron chi connectivity index (χ3n) is 5.55. The summed E-state index contributed by atoms with van der Waals surface area (Å²) in [5.74, 6) is 3.72. The molecule has 98 valence electrons. The highest BCUT2D eigenvalue weighted by Gasteiger charge is 2.41. The number of hydrogen-bond acceptors (Lipinski definition) is 2. The van der Waals surface area contributed by atoms with E-state index in [1.807, 2.05) is 0 Å². The summed E-state index contributed by atoms with van der Waals surface area (Å²) in [5, 5.41) is 0. The second-order valence-electron chi connectivity index (χ2n) is 7.02. The average Bonchev–Trinajstić information content (AvgIpc) is 2.82. The Balaban J connectivity index is 1.50. The lowest BCUT2D eigenvalue weighted by molar-refractivity contribution is 0.194. The molecule has 2 heteroatoms. The molecule has 3 aliphatic rings. The monoisotopic (exact) mass is 236 g/mol. The zero-order chi connectivity index (χ0) is 11.8. The van der Waals surface area contributed by atoms with E-state index in [1.54, 1.807) is 0 Å². The van der Waals surface area contributed by atoms with Gasteiger partial charge in [0.15, 0.2) is 0 Å². The Morgan fingerprint density at radius 3 is 2.76 bits per heavy atom. The fourth-order valence-corrected chi connectivity index (χ4v) is 4.64. The molecule has 17 heavy (non-hydrogen) atoms. The highest BCUT2D eigenvalue weighted by atomic mass is 15.2.